The fourth-order valence-electron chi connectivity index (χ4n) is 2.63. The third-order valence-corrected chi connectivity index (χ3v) is 3.56. The Bertz CT molecular complexity index is 815. The zero-order chi connectivity index (χ0) is 15.1. The summed E-state index contributed by atoms with van der Waals surface area (Å²) in [5.74, 6) is -0.0512. The molecule has 6 heteroatoms. The van der Waals surface area contributed by atoms with E-state index in [-0.39, 0.29) is 11.8 Å². The molecule has 3 rings (SSSR count). The molecule has 0 spiro atoms. The molecule has 0 saturated heterocycles. The van der Waals surface area contributed by atoms with Crippen molar-refractivity contribution in [1.29, 1.82) is 0 Å². The first-order valence-corrected chi connectivity index (χ1v) is 6.99. The van der Waals surface area contributed by atoms with E-state index in [4.69, 9.17) is 5.73 Å². The van der Waals surface area contributed by atoms with E-state index < -0.39 is 0 Å². The van der Waals surface area contributed by atoms with Gasteiger partial charge in [-0.2, -0.15) is 5.10 Å². The first-order valence-electron chi connectivity index (χ1n) is 6.99. The predicted molar refractivity (Wildman–Crippen MR) is 80.9 cm³/mol. The maximum atomic E-state index is 14.2. The van der Waals surface area contributed by atoms with Crippen LogP contribution in [0.25, 0.3) is 16.9 Å². The molecule has 0 saturated carbocycles. The van der Waals surface area contributed by atoms with Gasteiger partial charge in [-0.05, 0) is 31.0 Å². The molecule has 1 aromatic carbocycles. The van der Waals surface area contributed by atoms with Gasteiger partial charge in [0.25, 0.3) is 0 Å². The summed E-state index contributed by atoms with van der Waals surface area (Å²) in [6.45, 7) is 4.00. The van der Waals surface area contributed by atoms with Crippen LogP contribution in [-0.4, -0.2) is 19.3 Å². The summed E-state index contributed by atoms with van der Waals surface area (Å²) in [5, 5.41) is 4.47. The van der Waals surface area contributed by atoms with Gasteiger partial charge in [0.1, 0.15) is 11.3 Å². The number of anilines is 1. The number of hydrogen-bond acceptors (Lipinski definition) is 3. The number of imidazole rings is 1. The molecule has 3 aromatic rings. The molecule has 0 radical (unpaired) electrons. The van der Waals surface area contributed by atoms with Crippen LogP contribution in [0, 0.1) is 12.7 Å². The van der Waals surface area contributed by atoms with Gasteiger partial charge in [-0.15, -0.1) is 0 Å². The lowest BCUT2D eigenvalue weighted by atomic mass is 10.2. The van der Waals surface area contributed by atoms with E-state index in [1.54, 1.807) is 21.4 Å². The van der Waals surface area contributed by atoms with Crippen molar-refractivity contribution in [3.8, 4) is 5.69 Å². The topological polar surface area (TPSA) is 61.7 Å². The fourth-order valence-corrected chi connectivity index (χ4v) is 2.63. The van der Waals surface area contributed by atoms with Gasteiger partial charge < -0.3 is 5.73 Å². The second-order valence-corrected chi connectivity index (χ2v) is 5.25. The van der Waals surface area contributed by atoms with Crippen molar-refractivity contribution >= 4 is 17.1 Å². The van der Waals surface area contributed by atoms with Crippen molar-refractivity contribution in [3.05, 3.63) is 35.3 Å². The number of benzene rings is 1. The minimum absolute atomic E-state index is 0.278. The maximum absolute atomic E-state index is 14.2. The molecule has 0 amide bonds. The third-order valence-electron chi connectivity index (χ3n) is 3.56. The van der Waals surface area contributed by atoms with Crippen molar-refractivity contribution in [3.63, 3.8) is 0 Å². The van der Waals surface area contributed by atoms with Gasteiger partial charge in [0.05, 0.1) is 11.4 Å². The maximum Gasteiger partial charge on any atom is 0.207 e. The van der Waals surface area contributed by atoms with Crippen LogP contribution in [0.4, 0.5) is 10.3 Å². The summed E-state index contributed by atoms with van der Waals surface area (Å²) in [4.78, 5) is 4.39. The Morgan fingerprint density at radius 2 is 2.10 bits per heavy atom. The van der Waals surface area contributed by atoms with E-state index in [0.717, 1.165) is 35.3 Å². The summed E-state index contributed by atoms with van der Waals surface area (Å²) in [6.07, 6.45) is 1.79. The molecule has 5 nitrogen and oxygen atoms in total. The van der Waals surface area contributed by atoms with Crippen molar-refractivity contribution in [2.24, 2.45) is 7.05 Å². The van der Waals surface area contributed by atoms with Crippen LogP contribution in [0.15, 0.2) is 18.2 Å². The van der Waals surface area contributed by atoms with Crippen LogP contribution in [0.3, 0.4) is 0 Å². The van der Waals surface area contributed by atoms with Crippen LogP contribution < -0.4 is 5.73 Å². The van der Waals surface area contributed by atoms with Gasteiger partial charge in [-0.25, -0.2) is 14.1 Å². The SMILES string of the molecule is CCCc1nn(C)c2c1nc(N)n2-c1cc(C)ccc1F. The predicted octanol–water partition coefficient (Wildman–Crippen LogP) is 2.74. The molecule has 2 aromatic heterocycles. The highest BCUT2D eigenvalue weighted by Gasteiger charge is 2.20. The first kappa shape index (κ1) is 13.6. The number of halogens is 1. The zero-order valence-corrected chi connectivity index (χ0v) is 12.4. The summed E-state index contributed by atoms with van der Waals surface area (Å²) >= 11 is 0. The normalized spacial score (nSPS) is 11.4. The standard InChI is InChI=1S/C15H18FN5/c1-4-5-11-13-14(20(3)19-11)21(15(17)18-13)12-8-9(2)6-7-10(12)16/h6-8H,4-5H2,1-3H3,(H2,17,18). The lowest BCUT2D eigenvalue weighted by Gasteiger charge is -2.09. The Morgan fingerprint density at radius 3 is 2.81 bits per heavy atom. The number of rotatable bonds is 3. The van der Waals surface area contributed by atoms with Crippen LogP contribution in [0.1, 0.15) is 24.6 Å². The van der Waals surface area contributed by atoms with Crippen molar-refractivity contribution in [2.75, 3.05) is 5.73 Å². The number of nitrogens with zero attached hydrogens (tertiary/aromatic N) is 4. The number of hydrogen-bond donors (Lipinski definition) is 1. The van der Waals surface area contributed by atoms with Gasteiger partial charge >= 0.3 is 0 Å². The van der Waals surface area contributed by atoms with Gasteiger partial charge in [0, 0.05) is 7.05 Å². The van der Waals surface area contributed by atoms with Crippen molar-refractivity contribution in [1.82, 2.24) is 19.3 Å². The van der Waals surface area contributed by atoms with E-state index in [9.17, 15) is 4.39 Å². The zero-order valence-electron chi connectivity index (χ0n) is 12.4. The minimum atomic E-state index is -0.329. The first-order chi connectivity index (χ1) is 10.0. The van der Waals surface area contributed by atoms with Crippen LogP contribution in [0.5, 0.6) is 0 Å². The molecular weight excluding hydrogens is 269 g/mol. The molecule has 0 atom stereocenters. The molecule has 0 bridgehead atoms. The summed E-state index contributed by atoms with van der Waals surface area (Å²) in [7, 11) is 1.83. The lowest BCUT2D eigenvalue weighted by Crippen LogP contribution is -2.07. The second kappa shape index (κ2) is 4.87. The van der Waals surface area contributed by atoms with Crippen molar-refractivity contribution < 1.29 is 4.39 Å². The smallest absolute Gasteiger partial charge is 0.207 e. The molecule has 110 valence electrons. The number of aromatic nitrogens is 4. The number of nitrogens with two attached hydrogens (primary N) is 1. The van der Waals surface area contributed by atoms with Gasteiger partial charge in [-0.3, -0.25) is 4.57 Å². The third kappa shape index (κ3) is 2.07. The van der Waals surface area contributed by atoms with Gasteiger partial charge in [-0.1, -0.05) is 19.4 Å². The Hall–Kier alpha value is -2.37. The summed E-state index contributed by atoms with van der Waals surface area (Å²) in [5.41, 5.74) is 9.76. The Kier molecular flexibility index (Phi) is 3.16. The Morgan fingerprint density at radius 1 is 1.33 bits per heavy atom. The van der Waals surface area contributed by atoms with E-state index in [2.05, 4.69) is 17.0 Å². The van der Waals surface area contributed by atoms with Crippen LogP contribution >= 0.6 is 0 Å². The summed E-state index contributed by atoms with van der Waals surface area (Å²) in [6, 6.07) is 4.94. The minimum Gasteiger partial charge on any atom is -0.369 e. The monoisotopic (exact) mass is 287 g/mol. The molecule has 0 aliphatic heterocycles. The van der Waals surface area contributed by atoms with E-state index in [1.807, 2.05) is 14.0 Å². The fraction of sp³-hybridized carbons (Fsp3) is 0.333. The molecule has 0 fully saturated rings. The molecule has 0 unspecified atom stereocenters. The second-order valence-electron chi connectivity index (χ2n) is 5.25. The van der Waals surface area contributed by atoms with Crippen LogP contribution in [-0.2, 0) is 13.5 Å². The molecule has 2 heterocycles. The molecule has 21 heavy (non-hydrogen) atoms. The van der Waals surface area contributed by atoms with Crippen molar-refractivity contribution in [2.45, 2.75) is 26.7 Å². The number of aryl methyl sites for hydroxylation is 3. The highest BCUT2D eigenvalue weighted by molar-refractivity contribution is 5.80. The number of fused-ring (bicyclic) bond motifs is 1. The highest BCUT2D eigenvalue weighted by atomic mass is 19.1. The number of nitrogen functional groups attached to an aromatic ring is 1. The largest absolute Gasteiger partial charge is 0.369 e. The van der Waals surface area contributed by atoms with E-state index in [0.29, 0.717) is 5.69 Å². The molecular formula is C15H18FN5. The van der Waals surface area contributed by atoms with E-state index in [1.165, 1.54) is 6.07 Å². The molecule has 0 aliphatic rings. The van der Waals surface area contributed by atoms with Crippen LogP contribution in [0.2, 0.25) is 0 Å². The molecule has 2 N–H and O–H groups in total. The summed E-state index contributed by atoms with van der Waals surface area (Å²) < 4.78 is 17.5. The van der Waals surface area contributed by atoms with E-state index >= 15 is 0 Å². The highest BCUT2D eigenvalue weighted by Crippen LogP contribution is 2.27. The van der Waals surface area contributed by atoms with Gasteiger partial charge in [0.15, 0.2) is 5.65 Å². The quantitative estimate of drug-likeness (QED) is 0.805. The Balaban J connectivity index is 2.32. The average molecular weight is 287 g/mol. The molecule has 0 aliphatic carbocycles. The lowest BCUT2D eigenvalue weighted by molar-refractivity contribution is 0.617. The Labute approximate surface area is 122 Å². The average Bonchev–Trinajstić information content (AvgIpc) is 2.91. The van der Waals surface area contributed by atoms with Gasteiger partial charge in [0.2, 0.25) is 5.95 Å².